The number of pyridine rings is 1. The molecule has 1 amide bonds. The number of carbonyl (C=O) groups excluding carboxylic acids is 1. The summed E-state index contributed by atoms with van der Waals surface area (Å²) in [6.07, 6.45) is 9.84. The van der Waals surface area contributed by atoms with Crippen molar-refractivity contribution in [1.82, 2.24) is 14.3 Å². The third-order valence-corrected chi connectivity index (χ3v) is 6.51. The number of fused-ring (bicyclic) bond motifs is 1. The summed E-state index contributed by atoms with van der Waals surface area (Å²) in [7, 11) is 0. The van der Waals surface area contributed by atoms with Crippen molar-refractivity contribution in [3.05, 3.63) is 59.9 Å². The summed E-state index contributed by atoms with van der Waals surface area (Å²) in [6, 6.07) is 6.98. The molecule has 0 atom stereocenters. The molecule has 2 heterocycles. The van der Waals surface area contributed by atoms with E-state index in [0.717, 1.165) is 42.3 Å². The molecule has 6 heteroatoms. The minimum Gasteiger partial charge on any atom is -0.336 e. The van der Waals surface area contributed by atoms with Crippen LogP contribution in [0.1, 0.15) is 68.3 Å². The molecule has 1 aliphatic carbocycles. The molecule has 1 fully saturated rings. The van der Waals surface area contributed by atoms with Crippen LogP contribution in [0.25, 0.3) is 16.6 Å². The summed E-state index contributed by atoms with van der Waals surface area (Å²) < 4.78 is 16.3. The van der Waals surface area contributed by atoms with Crippen molar-refractivity contribution in [2.75, 3.05) is 6.54 Å². The van der Waals surface area contributed by atoms with Crippen molar-refractivity contribution in [2.45, 2.75) is 64.5 Å². The van der Waals surface area contributed by atoms with Crippen LogP contribution in [0, 0.1) is 5.82 Å². The molecule has 0 unspecified atom stereocenters. The number of hydrogen-bond donors (Lipinski definition) is 1. The van der Waals surface area contributed by atoms with Crippen molar-refractivity contribution in [3.63, 3.8) is 0 Å². The van der Waals surface area contributed by atoms with Crippen LogP contribution in [0.4, 0.5) is 4.39 Å². The van der Waals surface area contributed by atoms with Crippen molar-refractivity contribution >= 4 is 11.4 Å². The van der Waals surface area contributed by atoms with Gasteiger partial charge in [0.1, 0.15) is 5.82 Å². The largest absolute Gasteiger partial charge is 0.336 e. The van der Waals surface area contributed by atoms with Crippen LogP contribution >= 0.6 is 0 Å². The van der Waals surface area contributed by atoms with E-state index >= 15 is 0 Å². The van der Waals surface area contributed by atoms with Gasteiger partial charge >= 0.3 is 0 Å². The first-order valence-electron chi connectivity index (χ1n) is 11.2. The van der Waals surface area contributed by atoms with Crippen LogP contribution < -0.4 is 5.73 Å². The van der Waals surface area contributed by atoms with Gasteiger partial charge in [0.15, 0.2) is 0 Å². The molecule has 31 heavy (non-hydrogen) atoms. The number of amides is 1. The highest BCUT2D eigenvalue weighted by atomic mass is 19.1. The van der Waals surface area contributed by atoms with E-state index in [2.05, 4.69) is 17.2 Å². The first-order chi connectivity index (χ1) is 14.9. The maximum absolute atomic E-state index is 14.3. The molecule has 0 spiro atoms. The Morgan fingerprint density at radius 1 is 1.23 bits per heavy atom. The fourth-order valence-electron chi connectivity index (χ4n) is 4.77. The summed E-state index contributed by atoms with van der Waals surface area (Å²) in [6.45, 7) is 6.46. The molecule has 0 radical (unpaired) electrons. The molecule has 164 valence electrons. The van der Waals surface area contributed by atoms with Gasteiger partial charge in [0.05, 0.1) is 23.6 Å². The van der Waals surface area contributed by atoms with Gasteiger partial charge in [-0.25, -0.2) is 9.37 Å². The fraction of sp³-hybridized carbons (Fsp3) is 0.440. The molecular formula is C25H31FN4O. The number of halogens is 1. The zero-order chi connectivity index (χ0) is 22.1. The normalized spacial score (nSPS) is 19.2. The van der Waals surface area contributed by atoms with Gasteiger partial charge in [-0.05, 0) is 81.7 Å². The zero-order valence-corrected chi connectivity index (χ0v) is 18.5. The molecule has 2 N–H and O–H groups in total. The Hall–Kier alpha value is -2.73. The number of hydrogen-bond acceptors (Lipinski definition) is 3. The monoisotopic (exact) mass is 422 g/mol. The average molecular weight is 423 g/mol. The van der Waals surface area contributed by atoms with Gasteiger partial charge in [0.2, 0.25) is 0 Å². The van der Waals surface area contributed by atoms with E-state index in [4.69, 9.17) is 5.73 Å². The van der Waals surface area contributed by atoms with Crippen molar-refractivity contribution in [1.29, 1.82) is 0 Å². The summed E-state index contributed by atoms with van der Waals surface area (Å²) >= 11 is 0. The summed E-state index contributed by atoms with van der Waals surface area (Å²) in [5, 5.41) is 0. The summed E-state index contributed by atoms with van der Waals surface area (Å²) in [4.78, 5) is 19.5. The van der Waals surface area contributed by atoms with Gasteiger partial charge in [-0.15, -0.1) is 0 Å². The highest BCUT2D eigenvalue weighted by Gasteiger charge is 2.25. The van der Waals surface area contributed by atoms with Gasteiger partial charge in [-0.2, -0.15) is 0 Å². The maximum Gasteiger partial charge on any atom is 0.254 e. The predicted molar refractivity (Wildman–Crippen MR) is 122 cm³/mol. The molecule has 2 aromatic heterocycles. The second-order valence-electron chi connectivity index (χ2n) is 8.86. The summed E-state index contributed by atoms with van der Waals surface area (Å²) in [5.41, 5.74) is 10.3. The lowest BCUT2D eigenvalue weighted by molar-refractivity contribution is 0.0717. The Kier molecular flexibility index (Phi) is 6.10. The van der Waals surface area contributed by atoms with Crippen LogP contribution in [-0.4, -0.2) is 38.8 Å². The molecule has 0 saturated heterocycles. The van der Waals surface area contributed by atoms with Crippen LogP contribution in [0.3, 0.4) is 0 Å². The van der Waals surface area contributed by atoms with Crippen molar-refractivity contribution < 1.29 is 9.18 Å². The number of aromatic nitrogens is 2. The number of rotatable bonds is 5. The molecule has 0 bridgehead atoms. The number of carbonyl (C=O) groups is 1. The first kappa shape index (κ1) is 21.5. The van der Waals surface area contributed by atoms with Gasteiger partial charge in [0, 0.05) is 30.4 Å². The van der Waals surface area contributed by atoms with Gasteiger partial charge in [-0.3, -0.25) is 4.79 Å². The lowest BCUT2D eigenvalue weighted by Gasteiger charge is -2.28. The summed E-state index contributed by atoms with van der Waals surface area (Å²) in [5.74, 6) is -0.139. The lowest BCUT2D eigenvalue weighted by atomic mass is 9.82. The number of nitrogens with two attached hydrogens (primary N) is 1. The molecular weight excluding hydrogens is 391 g/mol. The van der Waals surface area contributed by atoms with E-state index in [0.29, 0.717) is 18.0 Å². The Labute approximate surface area is 183 Å². The zero-order valence-electron chi connectivity index (χ0n) is 18.5. The SMILES string of the molecule is CCN(C(=O)c1cc(F)ccc1-c1cc(C2CCC(N)CC2)cn2cncc12)C(C)C. The number of nitrogens with zero attached hydrogens (tertiary/aromatic N) is 3. The van der Waals surface area contributed by atoms with E-state index in [9.17, 15) is 9.18 Å². The molecule has 3 aromatic rings. The molecule has 4 rings (SSSR count). The minimum atomic E-state index is -0.408. The topological polar surface area (TPSA) is 63.6 Å². The predicted octanol–water partition coefficient (Wildman–Crippen LogP) is 5.00. The third-order valence-electron chi connectivity index (χ3n) is 6.51. The van der Waals surface area contributed by atoms with Crippen LogP contribution in [0.5, 0.6) is 0 Å². The molecule has 1 aliphatic rings. The Bertz CT molecular complexity index is 1080. The Balaban J connectivity index is 1.85. The highest BCUT2D eigenvalue weighted by molar-refractivity contribution is 6.03. The highest BCUT2D eigenvalue weighted by Crippen LogP contribution is 2.37. The van der Waals surface area contributed by atoms with E-state index < -0.39 is 5.82 Å². The number of benzene rings is 1. The number of imidazole rings is 1. The van der Waals surface area contributed by atoms with Crippen molar-refractivity contribution in [2.24, 2.45) is 5.73 Å². The van der Waals surface area contributed by atoms with E-state index in [1.165, 1.54) is 17.7 Å². The van der Waals surface area contributed by atoms with Gasteiger partial charge < -0.3 is 15.0 Å². The van der Waals surface area contributed by atoms with Crippen molar-refractivity contribution in [3.8, 4) is 11.1 Å². The van der Waals surface area contributed by atoms with Crippen LogP contribution in [0.15, 0.2) is 43.0 Å². The minimum absolute atomic E-state index is 0.0291. The van der Waals surface area contributed by atoms with E-state index in [1.807, 2.05) is 25.2 Å². The Morgan fingerprint density at radius 3 is 2.65 bits per heavy atom. The van der Waals surface area contributed by atoms with Crippen LogP contribution in [-0.2, 0) is 0 Å². The second kappa shape index (κ2) is 8.79. The van der Waals surface area contributed by atoms with E-state index in [-0.39, 0.29) is 18.0 Å². The molecule has 0 aliphatic heterocycles. The second-order valence-corrected chi connectivity index (χ2v) is 8.86. The molecule has 1 aromatic carbocycles. The van der Waals surface area contributed by atoms with Gasteiger partial charge in [0.25, 0.3) is 5.91 Å². The molecule has 1 saturated carbocycles. The van der Waals surface area contributed by atoms with Gasteiger partial charge in [-0.1, -0.05) is 6.07 Å². The van der Waals surface area contributed by atoms with Crippen LogP contribution in [0.2, 0.25) is 0 Å². The molecule has 5 nitrogen and oxygen atoms in total. The first-order valence-corrected chi connectivity index (χ1v) is 11.2. The van der Waals surface area contributed by atoms with E-state index in [1.54, 1.807) is 23.5 Å². The average Bonchev–Trinajstić information content (AvgIpc) is 3.22. The Morgan fingerprint density at radius 2 is 1.97 bits per heavy atom. The standard InChI is InChI=1S/C25H31FN4O/c1-4-30(16(2)3)25(31)23-12-19(26)7-10-21(23)22-11-18(14-29-15-28-13-24(22)29)17-5-8-20(27)9-6-17/h7,10-17,20H,4-6,8-9,27H2,1-3H3. The quantitative estimate of drug-likeness (QED) is 0.630. The third kappa shape index (κ3) is 4.22. The maximum atomic E-state index is 14.3. The lowest BCUT2D eigenvalue weighted by Crippen LogP contribution is -2.37. The smallest absolute Gasteiger partial charge is 0.254 e. The fourth-order valence-corrected chi connectivity index (χ4v) is 4.77.